The smallest absolute Gasteiger partial charge is 0.744 e. The van der Waals surface area contributed by atoms with Crippen molar-refractivity contribution in [1.82, 2.24) is 0 Å². The fourth-order valence-corrected chi connectivity index (χ4v) is 16.0. The molecule has 0 saturated heterocycles. The first kappa shape index (κ1) is 109. The van der Waals surface area contributed by atoms with Gasteiger partial charge in [-0.15, -0.1) is 30.7 Å². The zero-order chi connectivity index (χ0) is 90.9. The second kappa shape index (κ2) is 44.5. The van der Waals surface area contributed by atoms with Gasteiger partial charge in [0, 0.05) is 68.2 Å². The first-order valence-corrected chi connectivity index (χ1v) is 44.3. The fourth-order valence-electron chi connectivity index (χ4n) is 12.6. The van der Waals surface area contributed by atoms with Crippen LogP contribution in [0.3, 0.4) is 0 Å². The van der Waals surface area contributed by atoms with Crippen LogP contribution >= 0.6 is 0 Å². The number of azo groups is 4. The maximum Gasteiger partial charge on any atom is 1.00 e. The molecule has 14 aromatic rings. The van der Waals surface area contributed by atoms with E-state index >= 15 is 0 Å². The Morgan fingerprint density at radius 2 is 0.598 bits per heavy atom. The van der Waals surface area contributed by atoms with Crippen LogP contribution in [0.2, 0.25) is 0 Å². The van der Waals surface area contributed by atoms with Crippen molar-refractivity contribution in [3.8, 4) is 34.5 Å². The van der Waals surface area contributed by atoms with Crippen molar-refractivity contribution in [2.45, 2.75) is 43.2 Å². The summed E-state index contributed by atoms with van der Waals surface area (Å²) in [5, 5.41) is 87.3. The van der Waals surface area contributed by atoms with Crippen molar-refractivity contribution in [3.05, 3.63) is 253 Å². The minimum Gasteiger partial charge on any atom is -0.744 e. The predicted octanol–water partition coefficient (Wildman–Crippen LogP) is -1.46. The number of carbonyl (C=O) groups is 2. The van der Waals surface area contributed by atoms with E-state index in [4.69, 9.17) is 9.47 Å². The van der Waals surface area contributed by atoms with Gasteiger partial charge in [0.1, 0.15) is 106 Å². The normalized spacial score (nSPS) is 11.8. The summed E-state index contributed by atoms with van der Waals surface area (Å²) >= 11 is 0. The standard InChI is InChI=1S/2C41H32N6O13S3.3Li.3Na/c2*1-22-14-33(36(60-2)21-32(22)44-46-34-19-29(61(51,52)53)16-25-17-30(62(54,55)56)20-35(48)38(25)34)45-47-39-37(63(57,58)59)18-24-15-28(12-13-31(24)40(39)49)42-26-8-10-27(11-9-26)43-41(50)23-6-4-3-5-7-23;;;;;;/h2*3-21,42,48-49H,1-2H3,(H,43,50)(H,51,52,53)(H,54,55,56)(H,57,58,59);;;;;;/q;;6*+1/p-6. The summed E-state index contributed by atoms with van der Waals surface area (Å²) in [5.41, 5.74) is 2.70. The SMILES string of the molecule is COc1cc(N=Nc2cc(S(=O)(=O)[O-])cc3cc(S(=O)(=O)[O-])cc(O)c23)c(C)cc1N=Nc1c(S(=O)(=O)[O-])cc2cc(Nc3ccc(NC(=O)c4ccccc4)cc3)ccc2c1O.COc1cc(N=Nc2cc(S(=O)(=O)[O-])cc3cc(S(=O)(=O)[O-])cc(O)c23)c(C)cc1N=Nc1c(S(=O)(=O)[O-])cc2cc(Nc3ccc(NC(=O)c4ccccc4)cc3)ccc2c1O.[Li+].[Li+].[Li+].[Na+].[Na+].[Na+]. The number of hydrogen-bond acceptors (Lipinski definition) is 36. The number of fused-ring (bicyclic) bond motifs is 4. The number of ether oxygens (including phenoxy) is 2. The molecule has 14 aromatic carbocycles. The Balaban J connectivity index is 0.000000345. The summed E-state index contributed by atoms with van der Waals surface area (Å²) in [6.07, 6.45) is 0. The number of methoxy groups -OCH3 is 2. The van der Waals surface area contributed by atoms with Gasteiger partial charge in [0.05, 0.1) is 77.1 Å². The van der Waals surface area contributed by atoms with Crippen molar-refractivity contribution in [1.29, 1.82) is 0 Å². The van der Waals surface area contributed by atoms with Gasteiger partial charge >= 0.3 is 145 Å². The molecule has 0 fully saturated rings. The van der Waals surface area contributed by atoms with Gasteiger partial charge in [-0.2, -0.15) is 10.2 Å². The van der Waals surface area contributed by atoms with Crippen LogP contribution in [0.4, 0.5) is 79.6 Å². The first-order chi connectivity index (χ1) is 59.4. The molecular formula is C82H58Li3N12Na3O26S6. The summed E-state index contributed by atoms with van der Waals surface area (Å²) in [5.74, 6) is -3.55. The van der Waals surface area contributed by atoms with Crippen LogP contribution in [0.25, 0.3) is 43.1 Å². The van der Waals surface area contributed by atoms with E-state index < -0.39 is 136 Å². The number of aryl methyl sites for hydroxylation is 2. The van der Waals surface area contributed by atoms with Gasteiger partial charge in [-0.3, -0.25) is 9.59 Å². The van der Waals surface area contributed by atoms with Crippen LogP contribution in [-0.2, 0) is 60.7 Å². The van der Waals surface area contributed by atoms with Crippen molar-refractivity contribution in [3.63, 3.8) is 0 Å². The summed E-state index contributed by atoms with van der Waals surface area (Å²) in [6.45, 7) is 3.05. The fraction of sp³-hybridized carbons (Fsp3) is 0.0488. The molecule has 0 aliphatic heterocycles. The van der Waals surface area contributed by atoms with Gasteiger partial charge < -0.3 is 78.5 Å². The molecular weight excluding hydrogens is 1850 g/mol. The number of amides is 2. The molecule has 2 amide bonds. The van der Waals surface area contributed by atoms with Gasteiger partial charge in [-0.25, -0.2) is 50.5 Å². The molecule has 0 bridgehead atoms. The molecule has 14 rings (SSSR count). The molecule has 0 atom stereocenters. The van der Waals surface area contributed by atoms with E-state index in [0.29, 0.717) is 68.5 Å². The zero-order valence-corrected chi connectivity index (χ0v) is 81.6. The number of phenols is 4. The summed E-state index contributed by atoms with van der Waals surface area (Å²) in [7, 11) is -28.6. The van der Waals surface area contributed by atoms with E-state index in [1.807, 2.05) is 0 Å². The predicted molar refractivity (Wildman–Crippen MR) is 451 cm³/mol. The summed E-state index contributed by atoms with van der Waals surface area (Å²) < 4.78 is 227. The average molecular weight is 1910 g/mol. The third-order valence-electron chi connectivity index (χ3n) is 18.7. The molecule has 0 aromatic heterocycles. The maximum atomic E-state index is 12.5. The molecule has 132 heavy (non-hydrogen) atoms. The Hall–Kier alpha value is -9.89. The van der Waals surface area contributed by atoms with Gasteiger partial charge in [0.2, 0.25) is 0 Å². The van der Waals surface area contributed by atoms with Crippen LogP contribution in [0.5, 0.6) is 34.5 Å². The van der Waals surface area contributed by atoms with Crippen molar-refractivity contribution in [2.75, 3.05) is 35.5 Å². The molecule has 0 radical (unpaired) electrons. The number of aromatic hydroxyl groups is 4. The monoisotopic (exact) mass is 1910 g/mol. The first-order valence-electron chi connectivity index (χ1n) is 35.9. The minimum absolute atomic E-state index is 0. The van der Waals surface area contributed by atoms with Crippen LogP contribution < -0.4 is 176 Å². The zero-order valence-electron chi connectivity index (χ0n) is 70.7. The number of carbonyl (C=O) groups excluding carboxylic acids is 2. The average Bonchev–Trinajstić information content (AvgIpc) is 0.999. The number of nitrogens with zero attached hydrogens (tertiary/aromatic N) is 8. The topological polar surface area (TPSA) is 624 Å². The molecule has 0 spiro atoms. The van der Waals surface area contributed by atoms with E-state index in [2.05, 4.69) is 62.2 Å². The summed E-state index contributed by atoms with van der Waals surface area (Å²) in [6, 6.07) is 53.3. The quantitative estimate of drug-likeness (QED) is 0.0195. The molecule has 8 N–H and O–H groups in total. The van der Waals surface area contributed by atoms with E-state index in [1.54, 1.807) is 121 Å². The van der Waals surface area contributed by atoms with Crippen molar-refractivity contribution in [2.24, 2.45) is 40.9 Å². The number of benzene rings is 14. The van der Waals surface area contributed by atoms with Gasteiger partial charge in [0.25, 0.3) is 11.8 Å². The molecule has 50 heteroatoms. The van der Waals surface area contributed by atoms with Gasteiger partial charge in [-0.1, -0.05) is 36.4 Å². The number of phenolic OH excluding ortho intramolecular Hbond substituents is 4. The Morgan fingerprint density at radius 1 is 0.311 bits per heavy atom. The van der Waals surface area contributed by atoms with Crippen molar-refractivity contribution < 1.29 is 263 Å². The Kier molecular flexibility index (Phi) is 36.8. The number of anilines is 6. The van der Waals surface area contributed by atoms with Gasteiger partial charge in [0.15, 0.2) is 11.5 Å². The van der Waals surface area contributed by atoms with Crippen molar-refractivity contribution >= 4 is 195 Å². The van der Waals surface area contributed by atoms with E-state index in [-0.39, 0.29) is 234 Å². The molecule has 644 valence electrons. The molecule has 0 saturated carbocycles. The Bertz CT molecular complexity index is 7290. The molecule has 0 aliphatic carbocycles. The molecule has 0 heterocycles. The minimum atomic E-state index is -5.26. The maximum absolute atomic E-state index is 12.5. The third-order valence-corrected chi connectivity index (χ3v) is 23.6. The molecule has 0 aliphatic rings. The summed E-state index contributed by atoms with van der Waals surface area (Å²) in [4.78, 5) is 19.7. The van der Waals surface area contributed by atoms with Crippen LogP contribution in [0.1, 0.15) is 31.8 Å². The van der Waals surface area contributed by atoms with Crippen LogP contribution in [-0.4, -0.2) is 124 Å². The third kappa shape index (κ3) is 26.0. The number of hydrogen-bond donors (Lipinski definition) is 8. The van der Waals surface area contributed by atoms with E-state index in [1.165, 1.54) is 76.6 Å². The Morgan fingerprint density at radius 3 is 0.902 bits per heavy atom. The van der Waals surface area contributed by atoms with Crippen LogP contribution in [0, 0.1) is 13.8 Å². The second-order valence-electron chi connectivity index (χ2n) is 27.2. The molecule has 38 nitrogen and oxygen atoms in total. The molecule has 0 unspecified atom stereocenters. The number of nitrogens with one attached hydrogen (secondary N) is 4. The van der Waals surface area contributed by atoms with E-state index in [9.17, 15) is 108 Å². The van der Waals surface area contributed by atoms with Gasteiger partial charge in [-0.05, 0) is 229 Å². The van der Waals surface area contributed by atoms with E-state index in [0.717, 1.165) is 48.5 Å². The number of rotatable bonds is 24. The second-order valence-corrected chi connectivity index (χ2v) is 35.4. The largest absolute Gasteiger partial charge is 1.00 e. The van der Waals surface area contributed by atoms with Crippen LogP contribution in [0.15, 0.2) is 301 Å². The Labute approximate surface area is 854 Å².